The predicted molar refractivity (Wildman–Crippen MR) is 111 cm³/mol. The molecule has 3 aromatic rings. The van der Waals surface area contributed by atoms with E-state index in [0.29, 0.717) is 23.2 Å². The first-order valence-electron chi connectivity index (χ1n) is 10.5. The van der Waals surface area contributed by atoms with Gasteiger partial charge in [0.15, 0.2) is 5.76 Å². The highest BCUT2D eigenvalue weighted by molar-refractivity contribution is 5.94. The van der Waals surface area contributed by atoms with E-state index in [1.54, 1.807) is 10.9 Å². The van der Waals surface area contributed by atoms with Gasteiger partial charge in [0.2, 0.25) is 0 Å². The van der Waals surface area contributed by atoms with Gasteiger partial charge in [-0.1, -0.05) is 31.0 Å². The molecule has 1 amide bonds. The summed E-state index contributed by atoms with van der Waals surface area (Å²) in [6, 6.07) is 16.1. The van der Waals surface area contributed by atoms with Crippen LogP contribution in [0.2, 0.25) is 0 Å². The normalized spacial score (nSPS) is 18.4. The van der Waals surface area contributed by atoms with Crippen molar-refractivity contribution in [1.29, 1.82) is 0 Å². The van der Waals surface area contributed by atoms with Crippen LogP contribution < -0.4 is 0 Å². The Kier molecular flexibility index (Phi) is 4.94. The minimum absolute atomic E-state index is 0.0326. The minimum atomic E-state index is 0.0326. The van der Waals surface area contributed by atoms with Crippen LogP contribution in [-0.4, -0.2) is 57.7 Å². The average molecular weight is 390 g/mol. The van der Waals surface area contributed by atoms with Gasteiger partial charge in [-0.25, -0.2) is 4.68 Å². The molecule has 2 aliphatic rings. The Morgan fingerprint density at radius 2 is 1.72 bits per heavy atom. The van der Waals surface area contributed by atoms with Gasteiger partial charge in [0.05, 0.1) is 12.0 Å². The summed E-state index contributed by atoms with van der Waals surface area (Å²) in [6.07, 6.45) is 6.92. The van der Waals surface area contributed by atoms with E-state index >= 15 is 0 Å². The highest BCUT2D eigenvalue weighted by atomic mass is 16.3. The second kappa shape index (κ2) is 7.87. The zero-order valence-corrected chi connectivity index (χ0v) is 16.5. The zero-order valence-electron chi connectivity index (χ0n) is 16.5. The number of hydrogen-bond donors (Lipinski definition) is 0. The molecule has 0 radical (unpaired) electrons. The lowest BCUT2D eigenvalue weighted by atomic mass is 10.1. The number of carbonyl (C=O) groups is 1. The van der Waals surface area contributed by atoms with Crippen molar-refractivity contribution >= 4 is 5.91 Å². The van der Waals surface area contributed by atoms with Gasteiger partial charge in [0.1, 0.15) is 11.4 Å². The second-order valence-electron chi connectivity index (χ2n) is 7.91. The van der Waals surface area contributed by atoms with Gasteiger partial charge in [-0.15, -0.1) is 0 Å². The summed E-state index contributed by atoms with van der Waals surface area (Å²) in [5.41, 5.74) is 2.13. The monoisotopic (exact) mass is 390 g/mol. The Balaban J connectivity index is 1.40. The Labute approximate surface area is 170 Å². The van der Waals surface area contributed by atoms with E-state index in [-0.39, 0.29) is 5.91 Å². The van der Waals surface area contributed by atoms with Gasteiger partial charge >= 0.3 is 0 Å². The molecule has 2 fully saturated rings. The van der Waals surface area contributed by atoms with Gasteiger partial charge < -0.3 is 9.32 Å². The number of benzene rings is 1. The fourth-order valence-corrected chi connectivity index (χ4v) is 4.57. The predicted octanol–water partition coefficient (Wildman–Crippen LogP) is 3.83. The largest absolute Gasteiger partial charge is 0.463 e. The van der Waals surface area contributed by atoms with Crippen molar-refractivity contribution in [3.8, 4) is 17.1 Å². The van der Waals surface area contributed by atoms with Gasteiger partial charge in [-0.3, -0.25) is 9.69 Å². The standard InChI is InChI=1S/C23H26N4O2/c28-23(26-14-12-25(13-15-26)18-7-4-5-8-18)21-17-20(22-11-6-16-29-22)24-27(21)19-9-2-1-3-10-19/h1-3,6,9-11,16-18H,4-5,7-8,12-15H2. The number of para-hydroxylation sites is 1. The van der Waals surface area contributed by atoms with Gasteiger partial charge in [0.25, 0.3) is 5.91 Å². The Bertz CT molecular complexity index is 950. The zero-order chi connectivity index (χ0) is 19.6. The maximum Gasteiger partial charge on any atom is 0.272 e. The quantitative estimate of drug-likeness (QED) is 0.679. The van der Waals surface area contributed by atoms with Crippen LogP contribution >= 0.6 is 0 Å². The van der Waals surface area contributed by atoms with Crippen molar-refractivity contribution in [1.82, 2.24) is 19.6 Å². The summed E-state index contributed by atoms with van der Waals surface area (Å²) in [7, 11) is 0. The van der Waals surface area contributed by atoms with Crippen molar-refractivity contribution in [3.05, 3.63) is 60.5 Å². The third-order valence-corrected chi connectivity index (χ3v) is 6.15. The van der Waals surface area contributed by atoms with Gasteiger partial charge in [0, 0.05) is 38.3 Å². The van der Waals surface area contributed by atoms with E-state index in [1.807, 2.05) is 53.4 Å². The van der Waals surface area contributed by atoms with Crippen LogP contribution in [0.4, 0.5) is 0 Å². The summed E-state index contributed by atoms with van der Waals surface area (Å²) in [5.74, 6) is 0.699. The van der Waals surface area contributed by atoms with Crippen LogP contribution in [0.3, 0.4) is 0 Å². The smallest absolute Gasteiger partial charge is 0.272 e. The molecule has 5 rings (SSSR count). The van der Waals surface area contributed by atoms with Crippen molar-refractivity contribution < 1.29 is 9.21 Å². The molecule has 1 saturated carbocycles. The summed E-state index contributed by atoms with van der Waals surface area (Å²) in [4.78, 5) is 18.0. The van der Waals surface area contributed by atoms with E-state index in [9.17, 15) is 4.79 Å². The first-order valence-corrected chi connectivity index (χ1v) is 10.5. The third kappa shape index (κ3) is 3.60. The third-order valence-electron chi connectivity index (χ3n) is 6.15. The fraction of sp³-hybridized carbons (Fsp3) is 0.391. The van der Waals surface area contributed by atoms with E-state index < -0.39 is 0 Å². The second-order valence-corrected chi connectivity index (χ2v) is 7.91. The lowest BCUT2D eigenvalue weighted by molar-refractivity contribution is 0.0565. The van der Waals surface area contributed by atoms with Crippen molar-refractivity contribution in [3.63, 3.8) is 0 Å². The molecule has 6 nitrogen and oxygen atoms in total. The van der Waals surface area contributed by atoms with E-state index in [2.05, 4.69) is 10.00 Å². The molecular weight excluding hydrogens is 364 g/mol. The number of furan rings is 1. The lowest BCUT2D eigenvalue weighted by Gasteiger charge is -2.38. The first-order chi connectivity index (χ1) is 14.3. The van der Waals surface area contributed by atoms with Crippen LogP contribution in [0.15, 0.2) is 59.2 Å². The Hall–Kier alpha value is -2.86. The fourth-order valence-electron chi connectivity index (χ4n) is 4.57. The number of aromatic nitrogens is 2. The molecular formula is C23H26N4O2. The van der Waals surface area contributed by atoms with Crippen LogP contribution in [0.5, 0.6) is 0 Å². The molecule has 2 aromatic heterocycles. The first kappa shape index (κ1) is 18.2. The average Bonchev–Trinajstić information content (AvgIpc) is 3.55. The number of piperazine rings is 1. The Morgan fingerprint density at radius 3 is 2.41 bits per heavy atom. The molecule has 1 saturated heterocycles. The number of amides is 1. The summed E-state index contributed by atoms with van der Waals surface area (Å²) in [5, 5.41) is 4.68. The molecule has 1 aromatic carbocycles. The Morgan fingerprint density at radius 1 is 0.966 bits per heavy atom. The van der Waals surface area contributed by atoms with Crippen molar-refractivity contribution in [2.75, 3.05) is 26.2 Å². The van der Waals surface area contributed by atoms with Crippen LogP contribution in [0, 0.1) is 0 Å². The molecule has 0 atom stereocenters. The highest BCUT2D eigenvalue weighted by Gasteiger charge is 2.30. The van der Waals surface area contributed by atoms with E-state index in [1.165, 1.54) is 25.7 Å². The molecule has 1 aliphatic heterocycles. The van der Waals surface area contributed by atoms with Crippen molar-refractivity contribution in [2.45, 2.75) is 31.7 Å². The van der Waals surface area contributed by atoms with Crippen LogP contribution in [0.25, 0.3) is 17.1 Å². The summed E-state index contributed by atoms with van der Waals surface area (Å²) >= 11 is 0. The molecule has 0 spiro atoms. The molecule has 29 heavy (non-hydrogen) atoms. The number of rotatable bonds is 4. The minimum Gasteiger partial charge on any atom is -0.463 e. The molecule has 0 N–H and O–H groups in total. The number of carbonyl (C=O) groups excluding carboxylic acids is 1. The molecule has 0 bridgehead atoms. The number of hydrogen-bond acceptors (Lipinski definition) is 4. The molecule has 0 unspecified atom stereocenters. The highest BCUT2D eigenvalue weighted by Crippen LogP contribution is 2.26. The van der Waals surface area contributed by atoms with Gasteiger partial charge in [-0.2, -0.15) is 5.10 Å². The van der Waals surface area contributed by atoms with Gasteiger partial charge in [-0.05, 0) is 37.1 Å². The molecule has 3 heterocycles. The van der Waals surface area contributed by atoms with E-state index in [4.69, 9.17) is 4.42 Å². The molecule has 1 aliphatic carbocycles. The maximum atomic E-state index is 13.4. The summed E-state index contributed by atoms with van der Waals surface area (Å²) in [6.45, 7) is 3.46. The maximum absolute atomic E-state index is 13.4. The lowest BCUT2D eigenvalue weighted by Crippen LogP contribution is -2.51. The van der Waals surface area contributed by atoms with Crippen LogP contribution in [-0.2, 0) is 0 Å². The summed E-state index contributed by atoms with van der Waals surface area (Å²) < 4.78 is 7.25. The van der Waals surface area contributed by atoms with Crippen LogP contribution in [0.1, 0.15) is 36.2 Å². The SMILES string of the molecule is O=C(c1cc(-c2ccco2)nn1-c1ccccc1)N1CCN(C2CCCC2)CC1. The topological polar surface area (TPSA) is 54.5 Å². The number of nitrogens with zero attached hydrogens (tertiary/aromatic N) is 4. The molecule has 6 heteroatoms. The molecule has 150 valence electrons. The van der Waals surface area contributed by atoms with Crippen molar-refractivity contribution in [2.24, 2.45) is 0 Å². The van der Waals surface area contributed by atoms with E-state index in [0.717, 1.165) is 31.9 Å².